The Morgan fingerprint density at radius 2 is 2.10 bits per heavy atom. The third-order valence-electron chi connectivity index (χ3n) is 4.30. The van der Waals surface area contributed by atoms with E-state index in [0.29, 0.717) is 4.32 Å². The van der Waals surface area contributed by atoms with Crippen LogP contribution in [0.4, 0.5) is 0 Å². The maximum absolute atomic E-state index is 10.9. The van der Waals surface area contributed by atoms with Gasteiger partial charge in [-0.25, -0.2) is 0 Å². The molecule has 1 heterocycles. The molecule has 5 heteroatoms. The van der Waals surface area contributed by atoms with Gasteiger partial charge >= 0.3 is 0 Å². The van der Waals surface area contributed by atoms with Gasteiger partial charge in [0.15, 0.2) is 0 Å². The Labute approximate surface area is 129 Å². The van der Waals surface area contributed by atoms with E-state index in [1.165, 1.54) is 12.0 Å². The molecule has 0 aromatic heterocycles. The third-order valence-corrected chi connectivity index (χ3v) is 5.86. The lowest BCUT2D eigenvalue weighted by atomic mass is 9.77. The molecule has 1 saturated carbocycles. The minimum Gasteiger partial charge on any atom is -0.497 e. The molecule has 2 aliphatic rings. The van der Waals surface area contributed by atoms with Crippen LogP contribution in [0.15, 0.2) is 24.3 Å². The van der Waals surface area contributed by atoms with E-state index in [0.717, 1.165) is 25.0 Å². The van der Waals surface area contributed by atoms with Crippen molar-refractivity contribution in [2.75, 3.05) is 7.11 Å². The molecule has 0 radical (unpaired) electrons. The highest BCUT2D eigenvalue weighted by molar-refractivity contribution is 8.23. The number of aliphatic hydroxyl groups is 1. The van der Waals surface area contributed by atoms with Gasteiger partial charge in [0, 0.05) is 11.2 Å². The van der Waals surface area contributed by atoms with Crippen LogP contribution in [0.1, 0.15) is 36.5 Å². The minimum absolute atomic E-state index is 0.210. The quantitative estimate of drug-likeness (QED) is 0.821. The smallest absolute Gasteiger partial charge is 0.140 e. The predicted octanol–water partition coefficient (Wildman–Crippen LogP) is 3.24. The van der Waals surface area contributed by atoms with Crippen molar-refractivity contribution in [2.24, 2.45) is 5.92 Å². The first-order valence-electron chi connectivity index (χ1n) is 6.97. The molecule has 3 nitrogen and oxygen atoms in total. The summed E-state index contributed by atoms with van der Waals surface area (Å²) < 4.78 is 5.91. The highest BCUT2D eigenvalue weighted by Crippen LogP contribution is 2.50. The van der Waals surface area contributed by atoms with Crippen molar-refractivity contribution < 1.29 is 9.84 Å². The van der Waals surface area contributed by atoms with Gasteiger partial charge < -0.3 is 15.2 Å². The molecule has 0 unspecified atom stereocenters. The van der Waals surface area contributed by atoms with Crippen molar-refractivity contribution >= 4 is 28.3 Å². The fourth-order valence-electron chi connectivity index (χ4n) is 3.24. The van der Waals surface area contributed by atoms with Crippen LogP contribution >= 0.6 is 24.0 Å². The van der Waals surface area contributed by atoms with Gasteiger partial charge in [0.2, 0.25) is 0 Å². The number of hydrogen-bond donors (Lipinski definition) is 2. The molecule has 2 fully saturated rings. The van der Waals surface area contributed by atoms with Crippen LogP contribution in [0.5, 0.6) is 5.75 Å². The number of rotatable bonds is 2. The van der Waals surface area contributed by atoms with E-state index in [4.69, 9.17) is 17.0 Å². The van der Waals surface area contributed by atoms with Gasteiger partial charge in [-0.15, -0.1) is 0 Å². The van der Waals surface area contributed by atoms with Crippen molar-refractivity contribution in [3.63, 3.8) is 0 Å². The summed E-state index contributed by atoms with van der Waals surface area (Å²) in [6.45, 7) is 0. The molecule has 20 heavy (non-hydrogen) atoms. The molecule has 1 saturated heterocycles. The lowest BCUT2D eigenvalue weighted by Gasteiger charge is -2.48. The second-order valence-electron chi connectivity index (χ2n) is 5.50. The number of fused-ring (bicyclic) bond motifs is 1. The van der Waals surface area contributed by atoms with E-state index < -0.39 is 5.72 Å². The molecule has 1 aromatic carbocycles. The number of benzene rings is 1. The topological polar surface area (TPSA) is 41.5 Å². The van der Waals surface area contributed by atoms with E-state index >= 15 is 0 Å². The molecule has 3 atom stereocenters. The summed E-state index contributed by atoms with van der Waals surface area (Å²) in [5, 5.41) is 14.2. The number of thioether (sulfide) groups is 1. The molecule has 1 aliphatic heterocycles. The molecule has 0 spiro atoms. The summed E-state index contributed by atoms with van der Waals surface area (Å²) in [6, 6.07) is 8.12. The molecule has 1 aliphatic carbocycles. The first-order chi connectivity index (χ1) is 9.62. The maximum atomic E-state index is 10.9. The van der Waals surface area contributed by atoms with Gasteiger partial charge in [-0.3, -0.25) is 0 Å². The molecular formula is C15H19NO2S2. The number of hydrogen-bond acceptors (Lipinski definition) is 4. The molecular weight excluding hydrogens is 290 g/mol. The van der Waals surface area contributed by atoms with Crippen molar-refractivity contribution in [3.05, 3.63) is 29.8 Å². The standard InChI is InChI=1S/C15H19NO2S2/c1-18-11-7-5-10(6-8-11)13-12-4-2-3-9-15(12,17)16-14(19)20-13/h5-8,12-13,17H,2-4,9H2,1H3,(H,16,19)/t12-,13-,15+/m1/s1. The van der Waals surface area contributed by atoms with E-state index in [9.17, 15) is 5.11 Å². The largest absolute Gasteiger partial charge is 0.497 e. The monoisotopic (exact) mass is 309 g/mol. The van der Waals surface area contributed by atoms with E-state index in [1.54, 1.807) is 18.9 Å². The van der Waals surface area contributed by atoms with Crippen LogP contribution in [-0.4, -0.2) is 22.3 Å². The number of methoxy groups -OCH3 is 1. The summed E-state index contributed by atoms with van der Waals surface area (Å²) in [5.74, 6) is 1.07. The number of thiocarbonyl (C=S) groups is 1. The molecule has 0 amide bonds. The molecule has 0 bridgehead atoms. The van der Waals surface area contributed by atoms with Crippen molar-refractivity contribution in [1.82, 2.24) is 5.32 Å². The number of nitrogens with one attached hydrogen (secondary N) is 1. The molecule has 1 aromatic rings. The summed E-state index contributed by atoms with van der Waals surface area (Å²) in [7, 11) is 1.67. The van der Waals surface area contributed by atoms with Crippen molar-refractivity contribution in [3.8, 4) is 5.75 Å². The first-order valence-corrected chi connectivity index (χ1v) is 8.26. The lowest BCUT2D eigenvalue weighted by Crippen LogP contribution is -2.58. The van der Waals surface area contributed by atoms with Gasteiger partial charge in [-0.2, -0.15) is 0 Å². The Morgan fingerprint density at radius 1 is 1.35 bits per heavy atom. The Hall–Kier alpha value is -0.780. The third kappa shape index (κ3) is 2.54. The van der Waals surface area contributed by atoms with Crippen LogP contribution in [-0.2, 0) is 0 Å². The van der Waals surface area contributed by atoms with Gasteiger partial charge in [0.05, 0.1) is 7.11 Å². The SMILES string of the molecule is COc1ccc([C@H]2SC(=S)N[C@]3(O)CCCC[C@H]23)cc1. The van der Waals surface area contributed by atoms with Crippen LogP contribution in [0.2, 0.25) is 0 Å². The van der Waals surface area contributed by atoms with E-state index in [2.05, 4.69) is 17.4 Å². The highest BCUT2D eigenvalue weighted by atomic mass is 32.2. The highest BCUT2D eigenvalue weighted by Gasteiger charge is 2.48. The minimum atomic E-state index is -0.828. The van der Waals surface area contributed by atoms with Crippen LogP contribution < -0.4 is 10.1 Å². The van der Waals surface area contributed by atoms with Gasteiger partial charge in [0.25, 0.3) is 0 Å². The zero-order chi connectivity index (χ0) is 14.2. The average Bonchev–Trinajstić information content (AvgIpc) is 2.45. The Balaban J connectivity index is 1.91. The van der Waals surface area contributed by atoms with E-state index in [-0.39, 0.29) is 11.2 Å². The Bertz CT molecular complexity index is 505. The summed E-state index contributed by atoms with van der Waals surface area (Å²) in [6.07, 6.45) is 4.05. The Morgan fingerprint density at radius 3 is 2.80 bits per heavy atom. The Kier molecular flexibility index (Phi) is 3.93. The molecule has 2 N–H and O–H groups in total. The van der Waals surface area contributed by atoms with Crippen molar-refractivity contribution in [2.45, 2.75) is 36.7 Å². The predicted molar refractivity (Wildman–Crippen MR) is 86.0 cm³/mol. The van der Waals surface area contributed by atoms with Crippen LogP contribution in [0.3, 0.4) is 0 Å². The van der Waals surface area contributed by atoms with Crippen LogP contribution in [0.25, 0.3) is 0 Å². The molecule has 3 rings (SSSR count). The fourth-order valence-corrected chi connectivity index (χ4v) is 5.01. The van der Waals surface area contributed by atoms with E-state index in [1.807, 2.05) is 12.1 Å². The molecule has 108 valence electrons. The number of ether oxygens (including phenoxy) is 1. The summed E-state index contributed by atoms with van der Waals surface area (Å²) in [5.41, 5.74) is 0.385. The lowest BCUT2D eigenvalue weighted by molar-refractivity contribution is -0.0632. The first kappa shape index (κ1) is 14.2. The second-order valence-corrected chi connectivity index (χ2v) is 7.32. The van der Waals surface area contributed by atoms with Gasteiger partial charge in [-0.1, -0.05) is 42.5 Å². The zero-order valence-corrected chi connectivity index (χ0v) is 13.1. The van der Waals surface area contributed by atoms with Gasteiger partial charge in [-0.05, 0) is 37.0 Å². The summed E-state index contributed by atoms with van der Waals surface area (Å²) >= 11 is 7.00. The normalized spacial score (nSPS) is 33.2. The average molecular weight is 309 g/mol. The van der Waals surface area contributed by atoms with Gasteiger partial charge in [0.1, 0.15) is 15.8 Å². The fraction of sp³-hybridized carbons (Fsp3) is 0.533. The van der Waals surface area contributed by atoms with Crippen LogP contribution in [0, 0.1) is 5.92 Å². The zero-order valence-electron chi connectivity index (χ0n) is 11.5. The summed E-state index contributed by atoms with van der Waals surface area (Å²) in [4.78, 5) is 0. The maximum Gasteiger partial charge on any atom is 0.140 e. The second kappa shape index (κ2) is 5.54. The van der Waals surface area contributed by atoms with Crippen molar-refractivity contribution in [1.29, 1.82) is 0 Å².